The molecule has 228 valence electrons. The number of amidine groups is 4. The third-order valence-corrected chi connectivity index (χ3v) is 16.2. The first-order chi connectivity index (χ1) is 24.2. The van der Waals surface area contributed by atoms with Crippen LogP contribution in [0.25, 0.3) is 21.5 Å². The molecule has 2 aromatic heterocycles. The van der Waals surface area contributed by atoms with Crippen LogP contribution in [0.5, 0.6) is 5.75 Å². The summed E-state index contributed by atoms with van der Waals surface area (Å²) in [6.45, 7) is 2.08. The number of hydrogen-bond donors (Lipinski definition) is 0. The van der Waals surface area contributed by atoms with E-state index in [9.17, 15) is 0 Å². The van der Waals surface area contributed by atoms with E-state index in [1.54, 1.807) is 0 Å². The van der Waals surface area contributed by atoms with Crippen molar-refractivity contribution in [3.63, 3.8) is 0 Å². The van der Waals surface area contributed by atoms with E-state index >= 15 is 0 Å². The maximum absolute atomic E-state index is 7.37. The second-order valence-electron chi connectivity index (χ2n) is 12.4. The number of aromatic nitrogens is 2. The van der Waals surface area contributed by atoms with Crippen molar-refractivity contribution < 1.29 is 2.85 Å². The van der Waals surface area contributed by atoms with Crippen molar-refractivity contribution >= 4 is 79.0 Å². The molecule has 4 aliphatic heterocycles. The molecule has 49 heavy (non-hydrogen) atoms. The number of aliphatic imine (C=N–C) groups is 4. The molecule has 0 atom stereocenters. The summed E-state index contributed by atoms with van der Waals surface area (Å²) in [5.41, 5.74) is 6.38. The number of aryl methyl sites for hydroxylation is 1. The van der Waals surface area contributed by atoms with E-state index in [-0.39, 0.29) is 0 Å². The third-order valence-electron chi connectivity index (χ3n) is 9.49. The summed E-state index contributed by atoms with van der Waals surface area (Å²) in [6, 6.07) is 41.2. The average Bonchev–Trinajstić information content (AvgIpc) is 3.84. The van der Waals surface area contributed by atoms with E-state index < -0.39 is 22.4 Å². The van der Waals surface area contributed by atoms with Gasteiger partial charge in [0.05, 0.1) is 0 Å². The molecule has 7 aromatic rings. The number of fused-ring (bicyclic) bond motifs is 14. The van der Waals surface area contributed by atoms with Gasteiger partial charge in [-0.2, -0.15) is 0 Å². The zero-order chi connectivity index (χ0) is 32.2. The SMILES string of the molecule is Cc1cccc([O][In]2[n]3c4c5ccccc5c3N=C3N=C(N=c5c6ccccc6c([n]52)=NC2=NC(=N4)c4ccccc42)c2ccccc23)c1. The van der Waals surface area contributed by atoms with Crippen molar-refractivity contribution in [3.8, 4) is 5.75 Å². The zero-order valence-corrected chi connectivity index (χ0v) is 29.4. The minimum absolute atomic E-state index is 0.617. The second-order valence-corrected chi connectivity index (χ2v) is 17.9. The first kappa shape index (κ1) is 27.1. The van der Waals surface area contributed by atoms with Crippen LogP contribution in [0, 0.1) is 6.92 Å². The van der Waals surface area contributed by atoms with Crippen LogP contribution in [-0.2, 0) is 0 Å². The average molecular weight is 734 g/mol. The van der Waals surface area contributed by atoms with Crippen molar-refractivity contribution in [2.45, 2.75) is 6.92 Å². The second kappa shape index (κ2) is 10.1. The van der Waals surface area contributed by atoms with E-state index in [0.717, 1.165) is 77.7 Å². The van der Waals surface area contributed by atoms with Crippen molar-refractivity contribution in [1.29, 1.82) is 0 Å². The van der Waals surface area contributed by atoms with Gasteiger partial charge in [-0.3, -0.25) is 0 Å². The Labute approximate surface area is 288 Å². The summed E-state index contributed by atoms with van der Waals surface area (Å²) < 4.78 is 11.9. The summed E-state index contributed by atoms with van der Waals surface area (Å²) in [6.07, 6.45) is 0. The summed E-state index contributed by atoms with van der Waals surface area (Å²) >= 11 is -4.05. The minimum atomic E-state index is -4.05. The Morgan fingerprint density at radius 2 is 0.898 bits per heavy atom. The van der Waals surface area contributed by atoms with Gasteiger partial charge in [0, 0.05) is 0 Å². The van der Waals surface area contributed by atoms with Crippen LogP contribution in [-0.4, -0.2) is 50.9 Å². The number of hydrogen-bond acceptors (Lipinski definition) is 7. The van der Waals surface area contributed by atoms with Crippen LogP contribution >= 0.6 is 0 Å². The van der Waals surface area contributed by atoms with Gasteiger partial charge in [0.1, 0.15) is 0 Å². The maximum atomic E-state index is 7.37. The molecule has 0 saturated heterocycles. The Kier molecular flexibility index (Phi) is 5.57. The number of benzene rings is 5. The van der Waals surface area contributed by atoms with Crippen molar-refractivity contribution in [1.82, 2.24) is 5.11 Å². The van der Waals surface area contributed by atoms with Crippen molar-refractivity contribution in [2.75, 3.05) is 0 Å². The third kappa shape index (κ3) is 3.89. The molecular formula is C39H23InN8O. The predicted octanol–water partition coefficient (Wildman–Crippen LogP) is 6.31. The summed E-state index contributed by atoms with van der Waals surface area (Å²) in [7, 11) is 0. The van der Waals surface area contributed by atoms with E-state index in [1.165, 1.54) is 0 Å². The first-order valence-electron chi connectivity index (χ1n) is 16.2. The zero-order valence-electron chi connectivity index (χ0n) is 26.1. The molecule has 10 heteroatoms. The topological polar surface area (TPSA) is 93.2 Å². The molecule has 0 aliphatic carbocycles. The molecule has 0 unspecified atom stereocenters. The molecule has 0 spiro atoms. The molecule has 0 amide bonds. The molecule has 0 N–H and O–H groups in total. The normalized spacial score (nSPS) is 15.0. The Morgan fingerprint density at radius 1 is 0.449 bits per heavy atom. The van der Waals surface area contributed by atoms with Gasteiger partial charge in [-0.05, 0) is 0 Å². The Hall–Kier alpha value is -5.87. The Morgan fingerprint density at radius 3 is 1.39 bits per heavy atom. The molecule has 0 saturated carbocycles. The molecule has 11 rings (SSSR count). The summed E-state index contributed by atoms with van der Waals surface area (Å²) in [5.74, 6) is 4.76. The van der Waals surface area contributed by atoms with E-state index in [2.05, 4.69) is 72.7 Å². The molecule has 9 nitrogen and oxygen atoms in total. The van der Waals surface area contributed by atoms with Crippen LogP contribution in [0.1, 0.15) is 27.8 Å². The van der Waals surface area contributed by atoms with Crippen LogP contribution < -0.4 is 13.8 Å². The number of rotatable bonds is 2. The van der Waals surface area contributed by atoms with Gasteiger partial charge >= 0.3 is 290 Å². The van der Waals surface area contributed by atoms with E-state index in [1.807, 2.05) is 60.7 Å². The molecule has 6 heterocycles. The fourth-order valence-electron chi connectivity index (χ4n) is 7.30. The standard InChI is InChI=1S/C32H16N8.C7H8O.In/c1-2-10-18-17(9-1)25-33-26(18)38-28-21-13-5-6-14-22(21)30(35-28)40-32-24-16-8-7-15-23(24)31(36-32)39-29-20-12-4-3-11-19(20)27(34-29)37-25;1-6-3-2-4-7(8)5-6;/h1-16H;2-5,8H,1H3;/q-2;;+3/p-1. The van der Waals surface area contributed by atoms with Crippen LogP contribution in [0.3, 0.4) is 0 Å². The fraction of sp³-hybridized carbons (Fsp3) is 0.0256. The van der Waals surface area contributed by atoms with Gasteiger partial charge in [0.2, 0.25) is 0 Å². The number of nitrogens with zero attached hydrogens (tertiary/aromatic N) is 8. The summed E-state index contributed by atoms with van der Waals surface area (Å²) in [4.78, 5) is 31.8. The molecular weight excluding hydrogens is 711 g/mol. The summed E-state index contributed by atoms with van der Waals surface area (Å²) in [5, 5.41) is 3.87. The fourth-order valence-corrected chi connectivity index (χ4v) is 14.3. The Balaban J connectivity index is 1.41. The van der Waals surface area contributed by atoms with E-state index in [4.69, 9.17) is 32.8 Å². The Bertz CT molecular complexity index is 2730. The monoisotopic (exact) mass is 734 g/mol. The van der Waals surface area contributed by atoms with Gasteiger partial charge in [-0.1, -0.05) is 0 Å². The van der Waals surface area contributed by atoms with Crippen LogP contribution in [0.15, 0.2) is 151 Å². The van der Waals surface area contributed by atoms with E-state index in [0.29, 0.717) is 23.3 Å². The predicted molar refractivity (Wildman–Crippen MR) is 193 cm³/mol. The van der Waals surface area contributed by atoms with Gasteiger partial charge in [0.25, 0.3) is 0 Å². The van der Waals surface area contributed by atoms with Gasteiger partial charge < -0.3 is 0 Å². The van der Waals surface area contributed by atoms with Gasteiger partial charge in [-0.15, -0.1) is 0 Å². The molecule has 0 radical (unpaired) electrons. The van der Waals surface area contributed by atoms with Crippen LogP contribution in [0.4, 0.5) is 11.6 Å². The molecule has 6 bridgehead atoms. The van der Waals surface area contributed by atoms with Gasteiger partial charge in [0.15, 0.2) is 0 Å². The first-order valence-corrected chi connectivity index (χ1v) is 20.5. The molecule has 4 aliphatic rings. The van der Waals surface area contributed by atoms with Crippen molar-refractivity contribution in [3.05, 3.63) is 160 Å². The van der Waals surface area contributed by atoms with Crippen molar-refractivity contribution in [2.24, 2.45) is 30.0 Å². The molecule has 5 aromatic carbocycles. The van der Waals surface area contributed by atoms with Crippen LogP contribution in [0.2, 0.25) is 0 Å². The molecule has 0 fully saturated rings. The van der Waals surface area contributed by atoms with Gasteiger partial charge in [-0.25, -0.2) is 0 Å². The quantitative estimate of drug-likeness (QED) is 0.205.